The molecule has 3 aromatic rings. The zero-order chi connectivity index (χ0) is 11.7. The molecular weight excluding hydrogens is 321 g/mol. The summed E-state index contributed by atoms with van der Waals surface area (Å²) in [7, 11) is 0. The van der Waals surface area contributed by atoms with E-state index < -0.39 is 0 Å². The van der Waals surface area contributed by atoms with Gasteiger partial charge in [0.1, 0.15) is 0 Å². The average Bonchev–Trinajstić information content (AvgIpc) is 2.39. The summed E-state index contributed by atoms with van der Waals surface area (Å²) in [6.07, 6.45) is 1.85. The first kappa shape index (κ1) is 10.7. The minimum atomic E-state index is 1.07. The molecule has 0 amide bonds. The highest BCUT2D eigenvalue weighted by Gasteiger charge is 2.06. The van der Waals surface area contributed by atoms with Crippen LogP contribution in [0, 0.1) is 3.57 Å². The van der Waals surface area contributed by atoms with Crippen molar-refractivity contribution in [1.82, 2.24) is 4.98 Å². The molecule has 0 saturated carbocycles. The molecule has 0 bridgehead atoms. The van der Waals surface area contributed by atoms with Crippen LogP contribution < -0.4 is 0 Å². The molecule has 0 fully saturated rings. The number of nitrogens with zero attached hydrogens (tertiary/aromatic N) is 1. The van der Waals surface area contributed by atoms with Crippen molar-refractivity contribution in [3.8, 4) is 11.1 Å². The van der Waals surface area contributed by atoms with Gasteiger partial charge in [0.05, 0.1) is 5.52 Å². The molecule has 2 aromatic carbocycles. The second kappa shape index (κ2) is 4.45. The van der Waals surface area contributed by atoms with Gasteiger partial charge in [0.15, 0.2) is 0 Å². The molecule has 17 heavy (non-hydrogen) atoms. The number of aromatic nitrogens is 1. The van der Waals surface area contributed by atoms with Gasteiger partial charge in [-0.2, -0.15) is 0 Å². The van der Waals surface area contributed by atoms with Crippen LogP contribution in [0.2, 0.25) is 0 Å². The summed E-state index contributed by atoms with van der Waals surface area (Å²) >= 11 is 2.37. The van der Waals surface area contributed by atoms with Crippen LogP contribution in [0.1, 0.15) is 0 Å². The Morgan fingerprint density at radius 2 is 1.53 bits per heavy atom. The normalized spacial score (nSPS) is 10.6. The molecule has 3 rings (SSSR count). The molecule has 82 valence electrons. The maximum Gasteiger partial charge on any atom is 0.0780 e. The number of benzene rings is 2. The zero-order valence-electron chi connectivity index (χ0n) is 9.10. The summed E-state index contributed by atoms with van der Waals surface area (Å²) < 4.78 is 1.25. The number of para-hydroxylation sites is 1. The fourth-order valence-electron chi connectivity index (χ4n) is 2.00. The molecule has 0 radical (unpaired) electrons. The Labute approximate surface area is 114 Å². The zero-order valence-corrected chi connectivity index (χ0v) is 11.3. The Kier molecular flexibility index (Phi) is 2.81. The van der Waals surface area contributed by atoms with Gasteiger partial charge < -0.3 is 0 Å². The van der Waals surface area contributed by atoms with Crippen LogP contribution in [0.3, 0.4) is 0 Å². The SMILES string of the molecule is Ic1ccccc1-c1cccc2cccnc12. The van der Waals surface area contributed by atoms with Crippen LogP contribution in [-0.4, -0.2) is 4.98 Å². The number of pyridine rings is 1. The lowest BCUT2D eigenvalue weighted by Gasteiger charge is -2.07. The minimum absolute atomic E-state index is 1.07. The second-order valence-corrected chi connectivity index (χ2v) is 5.02. The number of fused-ring (bicyclic) bond motifs is 1. The molecule has 1 nitrogen and oxygen atoms in total. The van der Waals surface area contributed by atoms with E-state index in [-0.39, 0.29) is 0 Å². The van der Waals surface area contributed by atoms with Gasteiger partial charge >= 0.3 is 0 Å². The maximum atomic E-state index is 4.50. The van der Waals surface area contributed by atoms with E-state index in [2.05, 4.69) is 76.1 Å². The van der Waals surface area contributed by atoms with Crippen LogP contribution in [0.5, 0.6) is 0 Å². The van der Waals surface area contributed by atoms with Crippen molar-refractivity contribution in [2.75, 3.05) is 0 Å². The molecule has 0 atom stereocenters. The van der Waals surface area contributed by atoms with Crippen molar-refractivity contribution in [2.45, 2.75) is 0 Å². The summed E-state index contributed by atoms with van der Waals surface area (Å²) in [6, 6.07) is 18.8. The van der Waals surface area contributed by atoms with Crippen molar-refractivity contribution in [3.63, 3.8) is 0 Å². The van der Waals surface area contributed by atoms with E-state index in [9.17, 15) is 0 Å². The quantitative estimate of drug-likeness (QED) is 0.598. The topological polar surface area (TPSA) is 12.9 Å². The Hall–Kier alpha value is -1.42. The lowest BCUT2D eigenvalue weighted by Crippen LogP contribution is -1.86. The van der Waals surface area contributed by atoms with Crippen molar-refractivity contribution in [2.24, 2.45) is 0 Å². The van der Waals surface area contributed by atoms with Gasteiger partial charge in [-0.3, -0.25) is 4.98 Å². The standard InChI is InChI=1S/C15H10IN/c16-14-9-2-1-7-12(14)13-8-3-5-11-6-4-10-17-15(11)13/h1-10H. The molecule has 1 heterocycles. The van der Waals surface area contributed by atoms with Crippen LogP contribution in [-0.2, 0) is 0 Å². The fraction of sp³-hybridized carbons (Fsp3) is 0. The number of hydrogen-bond donors (Lipinski definition) is 0. The minimum Gasteiger partial charge on any atom is -0.256 e. The average molecular weight is 331 g/mol. The molecule has 0 aliphatic carbocycles. The lowest BCUT2D eigenvalue weighted by atomic mass is 10.0. The van der Waals surface area contributed by atoms with E-state index in [0.717, 1.165) is 5.52 Å². The van der Waals surface area contributed by atoms with E-state index in [0.29, 0.717) is 0 Å². The van der Waals surface area contributed by atoms with Crippen molar-refractivity contribution in [3.05, 3.63) is 64.4 Å². The third-order valence-electron chi connectivity index (χ3n) is 2.80. The molecule has 0 aliphatic rings. The third kappa shape index (κ3) is 1.93. The maximum absolute atomic E-state index is 4.50. The molecule has 0 spiro atoms. The van der Waals surface area contributed by atoms with Crippen molar-refractivity contribution >= 4 is 33.5 Å². The van der Waals surface area contributed by atoms with Crippen LogP contribution in [0.15, 0.2) is 60.8 Å². The Bertz CT molecular complexity index is 671. The second-order valence-electron chi connectivity index (χ2n) is 3.86. The highest BCUT2D eigenvalue weighted by molar-refractivity contribution is 14.1. The molecule has 0 unspecified atom stereocenters. The van der Waals surface area contributed by atoms with Crippen LogP contribution in [0.4, 0.5) is 0 Å². The molecule has 0 N–H and O–H groups in total. The number of rotatable bonds is 1. The first-order valence-corrected chi connectivity index (χ1v) is 6.53. The monoisotopic (exact) mass is 331 g/mol. The number of halogens is 1. The van der Waals surface area contributed by atoms with Crippen molar-refractivity contribution < 1.29 is 0 Å². The Morgan fingerprint density at radius 1 is 0.765 bits per heavy atom. The molecular formula is C15H10IN. The van der Waals surface area contributed by atoms with Gasteiger partial charge in [-0.25, -0.2) is 0 Å². The van der Waals surface area contributed by atoms with E-state index in [4.69, 9.17) is 0 Å². The summed E-state index contributed by atoms with van der Waals surface area (Å²) in [5.41, 5.74) is 3.52. The summed E-state index contributed by atoms with van der Waals surface area (Å²) in [4.78, 5) is 4.50. The van der Waals surface area contributed by atoms with E-state index in [1.54, 1.807) is 0 Å². The van der Waals surface area contributed by atoms with E-state index in [1.807, 2.05) is 12.3 Å². The predicted octanol–water partition coefficient (Wildman–Crippen LogP) is 4.51. The largest absolute Gasteiger partial charge is 0.256 e. The first-order valence-electron chi connectivity index (χ1n) is 5.45. The van der Waals surface area contributed by atoms with Gasteiger partial charge in [-0.15, -0.1) is 0 Å². The molecule has 1 aromatic heterocycles. The third-order valence-corrected chi connectivity index (χ3v) is 3.74. The highest BCUT2D eigenvalue weighted by atomic mass is 127. The van der Waals surface area contributed by atoms with Crippen LogP contribution >= 0.6 is 22.6 Å². The lowest BCUT2D eigenvalue weighted by molar-refractivity contribution is 1.41. The van der Waals surface area contributed by atoms with Gasteiger partial charge in [0.2, 0.25) is 0 Å². The summed E-state index contributed by atoms with van der Waals surface area (Å²) in [6.45, 7) is 0. The molecule has 2 heteroatoms. The summed E-state index contributed by atoms with van der Waals surface area (Å²) in [5, 5.41) is 1.18. The van der Waals surface area contributed by atoms with Gasteiger partial charge in [0.25, 0.3) is 0 Å². The van der Waals surface area contributed by atoms with Gasteiger partial charge in [-0.05, 0) is 40.3 Å². The first-order chi connectivity index (χ1) is 8.36. The van der Waals surface area contributed by atoms with Crippen LogP contribution in [0.25, 0.3) is 22.0 Å². The van der Waals surface area contributed by atoms with E-state index in [1.165, 1.54) is 20.1 Å². The smallest absolute Gasteiger partial charge is 0.0780 e. The van der Waals surface area contributed by atoms with Crippen molar-refractivity contribution in [1.29, 1.82) is 0 Å². The molecule has 0 saturated heterocycles. The van der Waals surface area contributed by atoms with E-state index >= 15 is 0 Å². The predicted molar refractivity (Wildman–Crippen MR) is 79.9 cm³/mol. The molecule has 0 aliphatic heterocycles. The highest BCUT2D eigenvalue weighted by Crippen LogP contribution is 2.30. The fourth-order valence-corrected chi connectivity index (χ4v) is 2.68. The Morgan fingerprint density at radius 3 is 2.41 bits per heavy atom. The van der Waals surface area contributed by atoms with Gasteiger partial charge in [-0.1, -0.05) is 42.5 Å². The van der Waals surface area contributed by atoms with Gasteiger partial charge in [0, 0.05) is 20.7 Å². The summed E-state index contributed by atoms with van der Waals surface area (Å²) in [5.74, 6) is 0. The Balaban J connectivity index is 2.35. The number of hydrogen-bond acceptors (Lipinski definition) is 1.